The molecule has 1 heterocycles. The van der Waals surface area contributed by atoms with Crippen LogP contribution in [0.25, 0.3) is 0 Å². The van der Waals surface area contributed by atoms with Gasteiger partial charge in [0.05, 0.1) is 0 Å². The van der Waals surface area contributed by atoms with E-state index in [-0.39, 0.29) is 12.0 Å². The van der Waals surface area contributed by atoms with Crippen LogP contribution in [0.15, 0.2) is 24.3 Å². The maximum absolute atomic E-state index is 13.7. The smallest absolute Gasteiger partial charge is 0.273 e. The van der Waals surface area contributed by atoms with Crippen LogP contribution < -0.4 is 5.32 Å². The molecule has 0 aromatic heterocycles. The monoisotopic (exact) mass is 253 g/mol. The van der Waals surface area contributed by atoms with Gasteiger partial charge < -0.3 is 5.32 Å². The summed E-state index contributed by atoms with van der Waals surface area (Å²) in [6.07, 6.45) is 2.61. The van der Waals surface area contributed by atoms with Gasteiger partial charge in [0.15, 0.2) is 0 Å². The normalized spacial score (nSPS) is 20.3. The van der Waals surface area contributed by atoms with Gasteiger partial charge in [-0.05, 0) is 37.4 Å². The van der Waals surface area contributed by atoms with E-state index in [9.17, 15) is 8.78 Å². The summed E-state index contributed by atoms with van der Waals surface area (Å²) in [5.41, 5.74) is 1.32. The molecule has 100 valence electrons. The summed E-state index contributed by atoms with van der Waals surface area (Å²) in [4.78, 5) is 0. The van der Waals surface area contributed by atoms with Gasteiger partial charge in [0.2, 0.25) is 0 Å². The van der Waals surface area contributed by atoms with Crippen LogP contribution in [0.2, 0.25) is 0 Å². The molecule has 1 aromatic rings. The van der Waals surface area contributed by atoms with Gasteiger partial charge in [0.25, 0.3) is 5.92 Å². The minimum absolute atomic E-state index is 0.0705. The van der Waals surface area contributed by atoms with Crippen molar-refractivity contribution in [1.82, 2.24) is 5.32 Å². The van der Waals surface area contributed by atoms with E-state index in [0.29, 0.717) is 12.3 Å². The highest BCUT2D eigenvalue weighted by molar-refractivity contribution is 5.26. The van der Waals surface area contributed by atoms with E-state index in [0.717, 1.165) is 19.5 Å². The van der Waals surface area contributed by atoms with Crippen molar-refractivity contribution in [2.75, 3.05) is 13.1 Å². The Bertz CT molecular complexity index is 367. The van der Waals surface area contributed by atoms with Crippen LogP contribution in [-0.4, -0.2) is 13.1 Å². The highest BCUT2D eigenvalue weighted by Gasteiger charge is 2.29. The molecule has 1 atom stereocenters. The quantitative estimate of drug-likeness (QED) is 0.843. The van der Waals surface area contributed by atoms with Gasteiger partial charge in [-0.1, -0.05) is 37.6 Å². The topological polar surface area (TPSA) is 12.0 Å². The van der Waals surface area contributed by atoms with Gasteiger partial charge in [-0.15, -0.1) is 0 Å². The van der Waals surface area contributed by atoms with Gasteiger partial charge >= 0.3 is 0 Å². The summed E-state index contributed by atoms with van der Waals surface area (Å²) < 4.78 is 27.4. The lowest BCUT2D eigenvalue weighted by Gasteiger charge is -2.16. The third-order valence-corrected chi connectivity index (χ3v) is 3.63. The van der Waals surface area contributed by atoms with Crippen molar-refractivity contribution < 1.29 is 8.78 Å². The summed E-state index contributed by atoms with van der Waals surface area (Å²) in [6.45, 7) is 3.92. The van der Waals surface area contributed by atoms with Gasteiger partial charge in [-0.25, -0.2) is 8.78 Å². The fraction of sp³-hybridized carbons (Fsp3) is 0.600. The number of hydrogen-bond donors (Lipinski definition) is 1. The molecule has 0 spiro atoms. The lowest BCUT2D eigenvalue weighted by Crippen LogP contribution is -2.13. The van der Waals surface area contributed by atoms with Crippen LogP contribution in [-0.2, 0) is 12.3 Å². The molecule has 0 saturated carbocycles. The van der Waals surface area contributed by atoms with E-state index in [1.807, 2.05) is 12.1 Å². The summed E-state index contributed by atoms with van der Waals surface area (Å²) >= 11 is 0. The third kappa shape index (κ3) is 3.29. The first-order valence-electron chi connectivity index (χ1n) is 6.80. The van der Waals surface area contributed by atoms with Gasteiger partial charge in [-0.2, -0.15) is 0 Å². The van der Waals surface area contributed by atoms with Crippen molar-refractivity contribution >= 4 is 0 Å². The van der Waals surface area contributed by atoms with Crippen molar-refractivity contribution in [3.63, 3.8) is 0 Å². The fourth-order valence-electron chi connectivity index (χ4n) is 2.56. The molecule has 1 aliphatic heterocycles. The summed E-state index contributed by atoms with van der Waals surface area (Å²) in [5, 5.41) is 3.32. The minimum atomic E-state index is -2.68. The first-order valence-corrected chi connectivity index (χ1v) is 6.80. The van der Waals surface area contributed by atoms with Crippen LogP contribution in [0.1, 0.15) is 37.3 Å². The van der Waals surface area contributed by atoms with E-state index in [1.54, 1.807) is 19.1 Å². The third-order valence-electron chi connectivity index (χ3n) is 3.63. The highest BCUT2D eigenvalue weighted by atomic mass is 19.3. The van der Waals surface area contributed by atoms with Gasteiger partial charge in [0.1, 0.15) is 0 Å². The van der Waals surface area contributed by atoms with Crippen LogP contribution in [0.3, 0.4) is 0 Å². The molecule has 1 nitrogen and oxygen atoms in total. The second kappa shape index (κ2) is 5.79. The average molecular weight is 253 g/mol. The van der Waals surface area contributed by atoms with E-state index in [4.69, 9.17) is 0 Å². The largest absolute Gasteiger partial charge is 0.316 e. The predicted molar refractivity (Wildman–Crippen MR) is 69.9 cm³/mol. The Kier molecular flexibility index (Phi) is 4.33. The number of nitrogens with one attached hydrogen (secondary N) is 1. The van der Waals surface area contributed by atoms with Gasteiger partial charge in [0, 0.05) is 12.0 Å². The van der Waals surface area contributed by atoms with Crippen molar-refractivity contribution in [1.29, 1.82) is 0 Å². The average Bonchev–Trinajstić information content (AvgIpc) is 2.82. The zero-order chi connectivity index (χ0) is 13.0. The molecule has 18 heavy (non-hydrogen) atoms. The van der Waals surface area contributed by atoms with Crippen LogP contribution in [0.4, 0.5) is 8.78 Å². The first kappa shape index (κ1) is 13.5. The van der Waals surface area contributed by atoms with Gasteiger partial charge in [-0.3, -0.25) is 0 Å². The molecule has 1 fully saturated rings. The van der Waals surface area contributed by atoms with E-state index in [2.05, 4.69) is 5.32 Å². The summed E-state index contributed by atoms with van der Waals surface area (Å²) in [6, 6.07) is 6.90. The zero-order valence-electron chi connectivity index (χ0n) is 10.9. The molecular weight excluding hydrogens is 232 g/mol. The number of alkyl halides is 2. The molecule has 2 rings (SSSR count). The molecule has 0 aliphatic carbocycles. The summed E-state index contributed by atoms with van der Waals surface area (Å²) in [7, 11) is 0. The van der Waals surface area contributed by atoms with Crippen molar-refractivity contribution in [3.05, 3.63) is 35.4 Å². The molecule has 0 amide bonds. The maximum Gasteiger partial charge on any atom is 0.273 e. The molecule has 3 heteroatoms. The lowest BCUT2D eigenvalue weighted by atomic mass is 9.96. The molecule has 1 aromatic carbocycles. The van der Waals surface area contributed by atoms with Crippen LogP contribution in [0.5, 0.6) is 0 Å². The number of hydrogen-bond acceptors (Lipinski definition) is 1. The summed E-state index contributed by atoms with van der Waals surface area (Å²) in [5.74, 6) is -2.02. The number of rotatable bonds is 5. The molecule has 1 N–H and O–H groups in total. The molecule has 1 unspecified atom stereocenters. The molecular formula is C15H21F2N. The Hall–Kier alpha value is -0.960. The molecule has 1 saturated heterocycles. The second-order valence-electron chi connectivity index (χ2n) is 5.21. The van der Waals surface area contributed by atoms with Crippen LogP contribution >= 0.6 is 0 Å². The standard InChI is InChI=1S/C15H21F2N/c1-2-8-15(16,17)14-5-3-12(4-6-14)10-13-7-9-18-11-13/h3-6,13,18H,2,7-11H2,1H3. The van der Waals surface area contributed by atoms with E-state index >= 15 is 0 Å². The minimum Gasteiger partial charge on any atom is -0.316 e. The highest BCUT2D eigenvalue weighted by Crippen LogP contribution is 2.33. The SMILES string of the molecule is CCCC(F)(F)c1ccc(CC2CCNC2)cc1. The first-order chi connectivity index (χ1) is 8.62. The Morgan fingerprint density at radius 1 is 1.28 bits per heavy atom. The van der Waals surface area contributed by atoms with Crippen molar-refractivity contribution in [2.24, 2.45) is 5.92 Å². The van der Waals surface area contributed by atoms with Crippen molar-refractivity contribution in [2.45, 2.75) is 38.5 Å². The van der Waals surface area contributed by atoms with E-state index < -0.39 is 5.92 Å². The Balaban J connectivity index is 2.00. The number of benzene rings is 1. The Morgan fingerprint density at radius 2 is 2.00 bits per heavy atom. The van der Waals surface area contributed by atoms with Crippen LogP contribution in [0, 0.1) is 5.92 Å². The van der Waals surface area contributed by atoms with E-state index in [1.165, 1.54) is 12.0 Å². The fourth-order valence-corrected chi connectivity index (χ4v) is 2.56. The number of halogens is 2. The predicted octanol–water partition coefficient (Wildman–Crippen LogP) is 3.73. The maximum atomic E-state index is 13.7. The molecule has 0 bridgehead atoms. The zero-order valence-corrected chi connectivity index (χ0v) is 10.9. The lowest BCUT2D eigenvalue weighted by molar-refractivity contribution is -0.0140. The van der Waals surface area contributed by atoms with Crippen molar-refractivity contribution in [3.8, 4) is 0 Å². The second-order valence-corrected chi connectivity index (χ2v) is 5.21. The Labute approximate surface area is 108 Å². The Morgan fingerprint density at radius 3 is 2.56 bits per heavy atom. The molecule has 0 radical (unpaired) electrons. The molecule has 1 aliphatic rings.